The first-order valence-electron chi connectivity index (χ1n) is 10.8. The molecular formula is C22H29N5O. The Morgan fingerprint density at radius 3 is 2.82 bits per heavy atom. The number of aromatic nitrogens is 4. The first kappa shape index (κ1) is 17.8. The minimum Gasteiger partial charge on any atom is -0.326 e. The second-order valence-corrected chi connectivity index (χ2v) is 9.01. The van der Waals surface area contributed by atoms with Crippen molar-refractivity contribution < 1.29 is 4.79 Å². The van der Waals surface area contributed by atoms with Crippen LogP contribution in [-0.2, 0) is 19.4 Å². The smallest absolute Gasteiger partial charge is 0.256 e. The molecule has 5 rings (SSSR count). The third-order valence-electron chi connectivity index (χ3n) is 6.26. The fourth-order valence-electron chi connectivity index (χ4n) is 4.59. The van der Waals surface area contributed by atoms with Crippen molar-refractivity contribution in [3.05, 3.63) is 40.7 Å². The number of carbonyl (C=O) groups excluding carboxylic acids is 1. The molecule has 2 aromatic heterocycles. The number of nitrogens with zero attached hydrogens (tertiary/aromatic N) is 5. The molecule has 0 aromatic carbocycles. The molecule has 0 unspecified atom stereocenters. The van der Waals surface area contributed by atoms with Crippen LogP contribution in [0.5, 0.6) is 0 Å². The molecule has 1 fully saturated rings. The summed E-state index contributed by atoms with van der Waals surface area (Å²) in [6, 6.07) is 2.09. The van der Waals surface area contributed by atoms with Crippen LogP contribution in [0, 0.1) is 5.92 Å². The standard InChI is InChI=1S/C22H29N5O/c1-14(2)11-19-21-24-20(15-7-8-15)25-27(21)10-9-26(19)22(28)17-12-16-5-3-4-6-18(16)23-13-17/h12-15,19H,3-11H2,1-2H3/t19-/m0/s1. The van der Waals surface area contributed by atoms with Gasteiger partial charge in [0.1, 0.15) is 5.82 Å². The molecule has 0 N–H and O–H groups in total. The molecule has 0 radical (unpaired) electrons. The van der Waals surface area contributed by atoms with E-state index in [-0.39, 0.29) is 11.9 Å². The van der Waals surface area contributed by atoms with Crippen molar-refractivity contribution in [2.45, 2.75) is 77.3 Å². The summed E-state index contributed by atoms with van der Waals surface area (Å²) in [7, 11) is 0. The maximum Gasteiger partial charge on any atom is 0.256 e. The van der Waals surface area contributed by atoms with Gasteiger partial charge >= 0.3 is 0 Å². The van der Waals surface area contributed by atoms with E-state index in [1.54, 1.807) is 6.20 Å². The summed E-state index contributed by atoms with van der Waals surface area (Å²) in [4.78, 5) is 25.0. The Balaban J connectivity index is 1.46. The second kappa shape index (κ2) is 6.98. The molecule has 1 atom stereocenters. The number of aryl methyl sites for hydroxylation is 2. The topological polar surface area (TPSA) is 63.9 Å². The van der Waals surface area contributed by atoms with Gasteiger partial charge < -0.3 is 4.90 Å². The van der Waals surface area contributed by atoms with Gasteiger partial charge in [-0.15, -0.1) is 0 Å². The fraction of sp³-hybridized carbons (Fsp3) is 0.636. The molecule has 0 saturated heterocycles. The van der Waals surface area contributed by atoms with Crippen molar-refractivity contribution in [3.8, 4) is 0 Å². The molecule has 3 heterocycles. The van der Waals surface area contributed by atoms with Gasteiger partial charge in [-0.25, -0.2) is 9.67 Å². The molecule has 6 heteroatoms. The van der Waals surface area contributed by atoms with Gasteiger partial charge in [-0.1, -0.05) is 13.8 Å². The van der Waals surface area contributed by atoms with Crippen LogP contribution in [0.3, 0.4) is 0 Å². The van der Waals surface area contributed by atoms with Crippen molar-refractivity contribution in [3.63, 3.8) is 0 Å². The third-order valence-corrected chi connectivity index (χ3v) is 6.26. The summed E-state index contributed by atoms with van der Waals surface area (Å²) >= 11 is 0. The molecule has 0 bridgehead atoms. The van der Waals surface area contributed by atoms with Crippen molar-refractivity contribution in [1.82, 2.24) is 24.6 Å². The van der Waals surface area contributed by atoms with Crippen LogP contribution in [0.4, 0.5) is 0 Å². The number of carbonyl (C=O) groups is 1. The highest BCUT2D eigenvalue weighted by atomic mass is 16.2. The van der Waals surface area contributed by atoms with Crippen LogP contribution >= 0.6 is 0 Å². The molecule has 148 valence electrons. The lowest BCUT2D eigenvalue weighted by atomic mass is 9.94. The summed E-state index contributed by atoms with van der Waals surface area (Å²) in [5.41, 5.74) is 3.16. The number of amides is 1. The van der Waals surface area contributed by atoms with Crippen LogP contribution in [0.1, 0.15) is 91.2 Å². The van der Waals surface area contributed by atoms with Crippen LogP contribution < -0.4 is 0 Å². The first-order valence-corrected chi connectivity index (χ1v) is 10.8. The zero-order valence-corrected chi connectivity index (χ0v) is 16.9. The van der Waals surface area contributed by atoms with Crippen molar-refractivity contribution in [2.24, 2.45) is 5.92 Å². The highest BCUT2D eigenvalue weighted by molar-refractivity contribution is 5.94. The number of hydrogen-bond donors (Lipinski definition) is 0. The van der Waals surface area contributed by atoms with Gasteiger partial charge in [0.25, 0.3) is 5.91 Å². The molecule has 1 aliphatic heterocycles. The molecule has 0 spiro atoms. The summed E-state index contributed by atoms with van der Waals surface area (Å²) < 4.78 is 2.05. The van der Waals surface area contributed by atoms with Crippen LogP contribution in [0.2, 0.25) is 0 Å². The van der Waals surface area contributed by atoms with Gasteiger partial charge in [0, 0.05) is 24.4 Å². The Morgan fingerprint density at radius 1 is 1.21 bits per heavy atom. The molecule has 2 aliphatic carbocycles. The molecular weight excluding hydrogens is 350 g/mol. The van der Waals surface area contributed by atoms with Crippen molar-refractivity contribution >= 4 is 5.91 Å². The second-order valence-electron chi connectivity index (χ2n) is 9.01. The molecule has 2 aromatic rings. The van der Waals surface area contributed by atoms with Gasteiger partial charge in [0.2, 0.25) is 0 Å². The minimum absolute atomic E-state index is 0.00252. The Hall–Kier alpha value is -2.24. The number of rotatable bonds is 4. The van der Waals surface area contributed by atoms with E-state index in [0.717, 1.165) is 43.0 Å². The third kappa shape index (κ3) is 3.23. The van der Waals surface area contributed by atoms with E-state index in [2.05, 4.69) is 29.6 Å². The molecule has 1 saturated carbocycles. The molecule has 28 heavy (non-hydrogen) atoms. The van der Waals surface area contributed by atoms with Gasteiger partial charge in [-0.2, -0.15) is 5.10 Å². The van der Waals surface area contributed by atoms with E-state index >= 15 is 0 Å². The highest BCUT2D eigenvalue weighted by Gasteiger charge is 2.37. The van der Waals surface area contributed by atoms with Crippen LogP contribution in [0.15, 0.2) is 12.3 Å². The van der Waals surface area contributed by atoms with Crippen LogP contribution in [-0.4, -0.2) is 37.1 Å². The summed E-state index contributed by atoms with van der Waals surface area (Å²) in [6.07, 6.45) is 9.56. The van der Waals surface area contributed by atoms with E-state index < -0.39 is 0 Å². The van der Waals surface area contributed by atoms with E-state index in [1.165, 1.54) is 36.9 Å². The number of hydrogen-bond acceptors (Lipinski definition) is 4. The lowest BCUT2D eigenvalue weighted by Gasteiger charge is -2.36. The average molecular weight is 380 g/mol. The Morgan fingerprint density at radius 2 is 2.04 bits per heavy atom. The number of fused-ring (bicyclic) bond motifs is 2. The van der Waals surface area contributed by atoms with E-state index in [4.69, 9.17) is 10.1 Å². The lowest BCUT2D eigenvalue weighted by Crippen LogP contribution is -2.43. The first-order chi connectivity index (χ1) is 13.6. The summed E-state index contributed by atoms with van der Waals surface area (Å²) in [6.45, 7) is 5.84. The van der Waals surface area contributed by atoms with Gasteiger partial charge in [0.05, 0.1) is 18.2 Å². The average Bonchev–Trinajstić information content (AvgIpc) is 3.46. The predicted octanol–water partition coefficient (Wildman–Crippen LogP) is 3.67. The van der Waals surface area contributed by atoms with Gasteiger partial charge in [-0.05, 0) is 62.5 Å². The maximum absolute atomic E-state index is 13.5. The highest BCUT2D eigenvalue weighted by Crippen LogP contribution is 2.40. The molecule has 1 amide bonds. The fourth-order valence-corrected chi connectivity index (χ4v) is 4.59. The Bertz CT molecular complexity index is 898. The van der Waals surface area contributed by atoms with Gasteiger partial charge in [0.15, 0.2) is 5.82 Å². The Kier molecular flexibility index (Phi) is 4.44. The normalized spacial score (nSPS) is 21.5. The SMILES string of the molecule is CC(C)C[C@H]1c2nc(C3CC3)nn2CCN1C(=O)c1cnc2c(c1)CCCC2. The summed E-state index contributed by atoms with van der Waals surface area (Å²) in [5, 5.41) is 4.75. The maximum atomic E-state index is 13.5. The molecule has 3 aliphatic rings. The zero-order chi connectivity index (χ0) is 19.3. The van der Waals surface area contributed by atoms with Crippen LogP contribution in [0.25, 0.3) is 0 Å². The predicted molar refractivity (Wildman–Crippen MR) is 106 cm³/mol. The monoisotopic (exact) mass is 379 g/mol. The lowest BCUT2D eigenvalue weighted by molar-refractivity contribution is 0.0578. The quantitative estimate of drug-likeness (QED) is 0.813. The van der Waals surface area contributed by atoms with E-state index in [1.807, 2.05) is 4.90 Å². The van der Waals surface area contributed by atoms with Gasteiger partial charge in [-0.3, -0.25) is 9.78 Å². The number of pyridine rings is 1. The van der Waals surface area contributed by atoms with Crippen molar-refractivity contribution in [1.29, 1.82) is 0 Å². The molecule has 6 nitrogen and oxygen atoms in total. The van der Waals surface area contributed by atoms with E-state index in [9.17, 15) is 4.79 Å². The van der Waals surface area contributed by atoms with E-state index in [0.29, 0.717) is 18.4 Å². The van der Waals surface area contributed by atoms with Crippen molar-refractivity contribution in [2.75, 3.05) is 6.54 Å². The minimum atomic E-state index is -0.00252. The summed E-state index contributed by atoms with van der Waals surface area (Å²) in [5.74, 6) is 3.06. The zero-order valence-electron chi connectivity index (χ0n) is 16.9. The largest absolute Gasteiger partial charge is 0.326 e. The Labute approximate surface area is 166 Å².